The fourth-order valence-corrected chi connectivity index (χ4v) is 7.07. The van der Waals surface area contributed by atoms with E-state index >= 15 is 0 Å². The van der Waals surface area contributed by atoms with Crippen LogP contribution in [0.5, 0.6) is 0 Å². The van der Waals surface area contributed by atoms with Gasteiger partial charge in [-0.3, -0.25) is 24.8 Å². The highest BCUT2D eigenvalue weighted by molar-refractivity contribution is 6.01. The molecule has 2 fully saturated rings. The fourth-order valence-electron chi connectivity index (χ4n) is 7.07. The minimum atomic E-state index is -0.263. The topological polar surface area (TPSA) is 111 Å². The predicted octanol–water partition coefficient (Wildman–Crippen LogP) is 5.61. The molecule has 0 saturated carbocycles. The van der Waals surface area contributed by atoms with Gasteiger partial charge < -0.3 is 9.88 Å². The standard InChI is InChI=1S/C34H37N5O3/c1-34(2)14-11-26-29(19-34)37-38-31(26)28-17-23-7-8-24(18-27(23)35-28)33(42)39-15-12-21(13-16-39)20-3-5-22(6-4-20)25-9-10-30(40)36-32(25)41/h3-8,17-18,21,25,35H,9-16,19H2,1-2H3,(H,37,38)(H,36,40,41). The number of benzene rings is 2. The Balaban J connectivity index is 1.01. The van der Waals surface area contributed by atoms with E-state index in [9.17, 15) is 14.4 Å². The summed E-state index contributed by atoms with van der Waals surface area (Å²) in [5.41, 5.74) is 8.69. The Morgan fingerprint density at radius 3 is 2.48 bits per heavy atom. The van der Waals surface area contributed by atoms with Crippen LogP contribution in [0.25, 0.3) is 22.3 Å². The Morgan fingerprint density at radius 2 is 1.71 bits per heavy atom. The van der Waals surface area contributed by atoms with Gasteiger partial charge in [0.15, 0.2) is 0 Å². The molecule has 0 radical (unpaired) electrons. The molecule has 1 aliphatic carbocycles. The number of piperidine rings is 2. The maximum atomic E-state index is 13.5. The smallest absolute Gasteiger partial charge is 0.253 e. The molecule has 7 rings (SSSR count). The van der Waals surface area contributed by atoms with Crippen LogP contribution in [-0.2, 0) is 22.4 Å². The molecule has 3 N–H and O–H groups in total. The van der Waals surface area contributed by atoms with Gasteiger partial charge in [-0.05, 0) is 79.2 Å². The maximum absolute atomic E-state index is 13.5. The first kappa shape index (κ1) is 26.7. The van der Waals surface area contributed by atoms with E-state index in [1.54, 1.807) is 0 Å². The monoisotopic (exact) mass is 563 g/mol. The first-order valence-corrected chi connectivity index (χ1v) is 15.2. The van der Waals surface area contributed by atoms with Crippen molar-refractivity contribution in [3.63, 3.8) is 0 Å². The molecule has 4 heterocycles. The van der Waals surface area contributed by atoms with E-state index < -0.39 is 0 Å². The van der Waals surface area contributed by atoms with Crippen LogP contribution in [0.15, 0.2) is 48.5 Å². The minimum Gasteiger partial charge on any atom is -0.353 e. The van der Waals surface area contributed by atoms with E-state index in [2.05, 4.69) is 52.5 Å². The number of likely N-dealkylation sites (tertiary alicyclic amines) is 1. The molecular weight excluding hydrogens is 526 g/mol. The summed E-state index contributed by atoms with van der Waals surface area (Å²) in [6.45, 7) is 6.04. The highest BCUT2D eigenvalue weighted by Gasteiger charge is 2.31. The molecule has 216 valence electrons. The first-order valence-electron chi connectivity index (χ1n) is 15.2. The Morgan fingerprint density at radius 1 is 0.952 bits per heavy atom. The zero-order chi connectivity index (χ0) is 29.0. The van der Waals surface area contributed by atoms with Crippen LogP contribution in [0.1, 0.15) is 90.5 Å². The van der Waals surface area contributed by atoms with Gasteiger partial charge in [-0.1, -0.05) is 44.2 Å². The summed E-state index contributed by atoms with van der Waals surface area (Å²) in [4.78, 5) is 42.7. The van der Waals surface area contributed by atoms with E-state index in [1.165, 1.54) is 16.8 Å². The number of aromatic nitrogens is 3. The summed E-state index contributed by atoms with van der Waals surface area (Å²) in [6.07, 6.45) is 5.93. The molecule has 0 bridgehead atoms. The molecule has 8 heteroatoms. The van der Waals surface area contributed by atoms with Crippen molar-refractivity contribution in [1.29, 1.82) is 0 Å². The third-order valence-electron chi connectivity index (χ3n) is 9.62. The Labute approximate surface area is 245 Å². The second-order valence-electron chi connectivity index (χ2n) is 13.1. The lowest BCUT2D eigenvalue weighted by Crippen LogP contribution is -2.39. The molecule has 3 amide bonds. The van der Waals surface area contributed by atoms with E-state index in [0.717, 1.165) is 60.0 Å². The van der Waals surface area contributed by atoms with Crippen molar-refractivity contribution < 1.29 is 14.4 Å². The summed E-state index contributed by atoms with van der Waals surface area (Å²) in [5, 5.41) is 11.5. The number of imide groups is 1. The van der Waals surface area contributed by atoms with Crippen LogP contribution in [-0.4, -0.2) is 50.9 Å². The van der Waals surface area contributed by atoms with Gasteiger partial charge in [-0.25, -0.2) is 0 Å². The highest BCUT2D eigenvalue weighted by Crippen LogP contribution is 2.38. The third kappa shape index (κ3) is 4.93. The van der Waals surface area contributed by atoms with E-state index in [4.69, 9.17) is 0 Å². The molecule has 3 aliphatic rings. The zero-order valence-electron chi connectivity index (χ0n) is 24.3. The van der Waals surface area contributed by atoms with Crippen molar-refractivity contribution >= 4 is 28.6 Å². The van der Waals surface area contributed by atoms with Crippen LogP contribution in [0.4, 0.5) is 0 Å². The van der Waals surface area contributed by atoms with E-state index in [0.29, 0.717) is 42.8 Å². The van der Waals surface area contributed by atoms with Crippen molar-refractivity contribution in [3.05, 3.63) is 76.5 Å². The summed E-state index contributed by atoms with van der Waals surface area (Å²) in [6, 6.07) is 16.3. The van der Waals surface area contributed by atoms with Crippen LogP contribution >= 0.6 is 0 Å². The molecule has 8 nitrogen and oxygen atoms in total. The number of nitrogens with one attached hydrogen (secondary N) is 3. The Kier molecular flexibility index (Phi) is 6.52. The average Bonchev–Trinajstić information content (AvgIpc) is 3.59. The summed E-state index contributed by atoms with van der Waals surface area (Å²) >= 11 is 0. The molecule has 1 atom stereocenters. The number of hydrogen-bond donors (Lipinski definition) is 3. The maximum Gasteiger partial charge on any atom is 0.253 e. The molecule has 4 aromatic rings. The number of nitrogens with zero attached hydrogens (tertiary/aromatic N) is 2. The molecule has 42 heavy (non-hydrogen) atoms. The molecule has 2 aromatic carbocycles. The molecule has 2 aromatic heterocycles. The second-order valence-corrected chi connectivity index (χ2v) is 13.1. The SMILES string of the molecule is CC1(C)CCc2c(-c3cc4ccc(C(=O)N5CCC(c6ccc(C7CCC(=O)NC7=O)cc6)CC5)cc4[nH]3)n[nH]c2C1. The van der Waals surface area contributed by atoms with Crippen molar-refractivity contribution in [1.82, 2.24) is 25.4 Å². The van der Waals surface area contributed by atoms with Gasteiger partial charge in [0.1, 0.15) is 5.69 Å². The number of carbonyl (C=O) groups excluding carboxylic acids is 3. The molecular formula is C34H37N5O3. The summed E-state index contributed by atoms with van der Waals surface area (Å²) in [5.74, 6) is -0.212. The number of H-pyrrole nitrogens is 2. The largest absolute Gasteiger partial charge is 0.353 e. The minimum absolute atomic E-state index is 0.0686. The van der Waals surface area contributed by atoms with Gasteiger partial charge in [0.25, 0.3) is 5.91 Å². The van der Waals surface area contributed by atoms with Crippen molar-refractivity contribution in [2.75, 3.05) is 13.1 Å². The molecule has 0 spiro atoms. The van der Waals surface area contributed by atoms with E-state index in [-0.39, 0.29) is 23.6 Å². The van der Waals surface area contributed by atoms with E-state index in [1.807, 2.05) is 35.2 Å². The van der Waals surface area contributed by atoms with Crippen LogP contribution in [0, 0.1) is 5.41 Å². The number of hydrogen-bond acceptors (Lipinski definition) is 4. The lowest BCUT2D eigenvalue weighted by molar-refractivity contribution is -0.134. The summed E-state index contributed by atoms with van der Waals surface area (Å²) < 4.78 is 0. The Bertz CT molecular complexity index is 1690. The molecule has 2 saturated heterocycles. The third-order valence-corrected chi connectivity index (χ3v) is 9.62. The van der Waals surface area contributed by atoms with Crippen LogP contribution in [0.2, 0.25) is 0 Å². The van der Waals surface area contributed by atoms with Gasteiger partial charge in [-0.15, -0.1) is 0 Å². The van der Waals surface area contributed by atoms with Crippen LogP contribution < -0.4 is 5.32 Å². The highest BCUT2D eigenvalue weighted by atomic mass is 16.2. The van der Waals surface area contributed by atoms with Crippen LogP contribution in [0.3, 0.4) is 0 Å². The van der Waals surface area contributed by atoms with Gasteiger partial charge in [0.05, 0.1) is 11.6 Å². The molecule has 1 unspecified atom stereocenters. The normalized spacial score (nSPS) is 20.9. The first-order chi connectivity index (χ1) is 20.2. The average molecular weight is 564 g/mol. The number of fused-ring (bicyclic) bond motifs is 2. The van der Waals surface area contributed by atoms with Gasteiger partial charge in [-0.2, -0.15) is 5.10 Å². The predicted molar refractivity (Wildman–Crippen MR) is 161 cm³/mol. The number of aromatic amines is 2. The number of carbonyl (C=O) groups is 3. The second kappa shape index (κ2) is 10.3. The van der Waals surface area contributed by atoms with Gasteiger partial charge in [0, 0.05) is 47.2 Å². The van der Waals surface area contributed by atoms with Crippen molar-refractivity contribution in [2.45, 2.75) is 70.6 Å². The zero-order valence-corrected chi connectivity index (χ0v) is 24.3. The molecule has 2 aliphatic heterocycles. The fraction of sp³-hybridized carbons (Fsp3) is 0.412. The summed E-state index contributed by atoms with van der Waals surface area (Å²) in [7, 11) is 0. The number of rotatable bonds is 4. The quantitative estimate of drug-likeness (QED) is 0.280. The lowest BCUT2D eigenvalue weighted by atomic mass is 9.76. The Hall–Kier alpha value is -4.20. The van der Waals surface area contributed by atoms with Crippen molar-refractivity contribution in [3.8, 4) is 11.4 Å². The van der Waals surface area contributed by atoms with Crippen molar-refractivity contribution in [2.24, 2.45) is 5.41 Å². The van der Waals surface area contributed by atoms with Gasteiger partial charge in [0.2, 0.25) is 11.8 Å². The lowest BCUT2D eigenvalue weighted by Gasteiger charge is -2.32. The number of amides is 3. The van der Waals surface area contributed by atoms with Gasteiger partial charge >= 0.3 is 0 Å².